The van der Waals surface area contributed by atoms with Crippen LogP contribution in [0.1, 0.15) is 155 Å². The van der Waals surface area contributed by atoms with Crippen LogP contribution < -0.4 is 0 Å². The Labute approximate surface area is 356 Å². The van der Waals surface area contributed by atoms with Crippen LogP contribution in [-0.2, 0) is 28.5 Å². The molecule has 0 aromatic carbocycles. The van der Waals surface area contributed by atoms with Gasteiger partial charge in [0.25, 0.3) is 0 Å². The lowest BCUT2D eigenvalue weighted by Crippen LogP contribution is -2.59. The van der Waals surface area contributed by atoms with Crippen molar-refractivity contribution in [1.29, 1.82) is 0 Å². The first-order chi connectivity index (χ1) is 28.8. The molecule has 1 fully saturated rings. The first kappa shape index (κ1) is 53.9. The van der Waals surface area contributed by atoms with E-state index in [-0.39, 0.29) is 26.1 Å². The van der Waals surface area contributed by atoms with Gasteiger partial charge >= 0.3 is 11.9 Å². The second-order valence-electron chi connectivity index (χ2n) is 15.1. The highest BCUT2D eigenvalue weighted by atomic mass is 16.7. The molecule has 6 atom stereocenters. The first-order valence-corrected chi connectivity index (χ1v) is 22.7. The zero-order chi connectivity index (χ0) is 43.0. The van der Waals surface area contributed by atoms with Gasteiger partial charge in [-0.1, -0.05) is 144 Å². The van der Waals surface area contributed by atoms with E-state index in [9.17, 15) is 30.0 Å². The van der Waals surface area contributed by atoms with Crippen molar-refractivity contribution in [3.63, 3.8) is 0 Å². The van der Waals surface area contributed by atoms with Gasteiger partial charge in [-0.3, -0.25) is 9.59 Å². The van der Waals surface area contributed by atoms with E-state index >= 15 is 0 Å². The Kier molecular flexibility index (Phi) is 35.7. The minimum absolute atomic E-state index is 0.182. The van der Waals surface area contributed by atoms with Gasteiger partial charge in [-0.2, -0.15) is 0 Å². The van der Waals surface area contributed by atoms with Gasteiger partial charge < -0.3 is 39.4 Å². The van der Waals surface area contributed by atoms with Crippen LogP contribution in [0, 0.1) is 0 Å². The smallest absolute Gasteiger partial charge is 0.306 e. The minimum atomic E-state index is -1.61. The predicted octanol–water partition coefficient (Wildman–Crippen LogP) is 9.77. The molecule has 1 aliphatic heterocycles. The fourth-order valence-electron chi connectivity index (χ4n) is 6.20. The largest absolute Gasteiger partial charge is 0.462 e. The van der Waals surface area contributed by atoms with Crippen LogP contribution in [-0.4, -0.2) is 89.0 Å². The molecule has 1 aliphatic rings. The molecule has 1 saturated heterocycles. The van der Waals surface area contributed by atoms with Crippen LogP contribution in [0.25, 0.3) is 0 Å². The molecule has 0 bridgehead atoms. The third kappa shape index (κ3) is 30.5. The Morgan fingerprint density at radius 3 is 1.63 bits per heavy atom. The van der Waals surface area contributed by atoms with Crippen LogP contribution in [0.4, 0.5) is 0 Å². The molecule has 0 spiro atoms. The molecule has 0 radical (unpaired) electrons. The van der Waals surface area contributed by atoms with Crippen molar-refractivity contribution in [2.24, 2.45) is 0 Å². The average molecular weight is 829 g/mol. The molecule has 0 amide bonds. The fraction of sp³-hybridized carbons (Fsp3) is 0.673. The van der Waals surface area contributed by atoms with E-state index < -0.39 is 55.4 Å². The van der Waals surface area contributed by atoms with Gasteiger partial charge in [0.2, 0.25) is 0 Å². The van der Waals surface area contributed by atoms with Crippen LogP contribution in [0.15, 0.2) is 85.1 Å². The Morgan fingerprint density at radius 1 is 0.559 bits per heavy atom. The van der Waals surface area contributed by atoms with Crippen molar-refractivity contribution in [2.75, 3.05) is 19.8 Å². The summed E-state index contributed by atoms with van der Waals surface area (Å²) in [6, 6.07) is 0. The lowest BCUT2D eigenvalue weighted by Gasteiger charge is -2.39. The summed E-state index contributed by atoms with van der Waals surface area (Å²) in [6.07, 6.45) is 43.0. The summed E-state index contributed by atoms with van der Waals surface area (Å²) >= 11 is 0. The number of unbranched alkanes of at least 4 members (excludes halogenated alkanes) is 12. The molecule has 0 aromatic heterocycles. The maximum Gasteiger partial charge on any atom is 0.306 e. The number of hydrogen-bond acceptors (Lipinski definition) is 10. The van der Waals surface area contributed by atoms with Crippen LogP contribution in [0.3, 0.4) is 0 Å². The Hall–Kier alpha value is -3.12. The quantitative estimate of drug-likeness (QED) is 0.0208. The minimum Gasteiger partial charge on any atom is -0.462 e. The number of carbonyl (C=O) groups is 2. The monoisotopic (exact) mass is 829 g/mol. The van der Waals surface area contributed by atoms with Gasteiger partial charge in [0.15, 0.2) is 12.4 Å². The first-order valence-electron chi connectivity index (χ1n) is 22.7. The van der Waals surface area contributed by atoms with Gasteiger partial charge in [-0.25, -0.2) is 0 Å². The fourth-order valence-corrected chi connectivity index (χ4v) is 6.20. The lowest BCUT2D eigenvalue weighted by atomic mass is 9.99. The summed E-state index contributed by atoms with van der Waals surface area (Å²) in [5, 5.41) is 40.1. The van der Waals surface area contributed by atoms with Crippen molar-refractivity contribution >= 4 is 11.9 Å². The molecule has 10 nitrogen and oxygen atoms in total. The Morgan fingerprint density at radius 2 is 1.05 bits per heavy atom. The third-order valence-electron chi connectivity index (χ3n) is 9.79. The summed E-state index contributed by atoms with van der Waals surface area (Å²) in [4.78, 5) is 25.3. The molecule has 0 aromatic rings. The SMILES string of the molecule is CC/C=C/C/C=C/C/C=C/C/C=C/C/C=C/CCCCCC(=O)O[C@H](COC(=O)CCCCCCC/C=C/C=C/CCCCCC)CO[C@@H]1O[C@H](CO)[C@H](O)C(O)C1O. The molecule has 336 valence electrons. The normalized spacial score (nSPS) is 20.8. The predicted molar refractivity (Wildman–Crippen MR) is 237 cm³/mol. The van der Waals surface area contributed by atoms with Crippen LogP contribution in [0.2, 0.25) is 0 Å². The Balaban J connectivity index is 2.38. The molecule has 10 heteroatoms. The molecule has 1 heterocycles. The molecule has 59 heavy (non-hydrogen) atoms. The number of allylic oxidation sites excluding steroid dienone is 14. The van der Waals surface area contributed by atoms with Gasteiger partial charge in [-0.05, 0) is 83.5 Å². The van der Waals surface area contributed by atoms with Gasteiger partial charge in [0, 0.05) is 12.8 Å². The number of aliphatic hydroxyl groups excluding tert-OH is 4. The maximum atomic E-state index is 12.8. The molecule has 2 unspecified atom stereocenters. The Bertz CT molecular complexity index is 1230. The number of ether oxygens (including phenoxy) is 4. The van der Waals surface area contributed by atoms with Crippen molar-refractivity contribution in [2.45, 2.75) is 192 Å². The number of aliphatic hydroxyl groups is 4. The molecule has 0 saturated carbocycles. The van der Waals surface area contributed by atoms with E-state index in [2.05, 4.69) is 98.9 Å². The summed E-state index contributed by atoms with van der Waals surface area (Å²) in [6.45, 7) is 3.22. The third-order valence-corrected chi connectivity index (χ3v) is 9.79. The number of esters is 2. The van der Waals surface area contributed by atoms with Crippen molar-refractivity contribution in [3.05, 3.63) is 85.1 Å². The molecule has 1 rings (SSSR count). The van der Waals surface area contributed by atoms with Gasteiger partial charge in [-0.15, -0.1) is 0 Å². The van der Waals surface area contributed by atoms with E-state index in [4.69, 9.17) is 18.9 Å². The maximum absolute atomic E-state index is 12.8. The number of carbonyl (C=O) groups excluding carboxylic acids is 2. The second-order valence-corrected chi connectivity index (χ2v) is 15.1. The molecular formula is C49H80O10. The zero-order valence-electron chi connectivity index (χ0n) is 36.5. The lowest BCUT2D eigenvalue weighted by molar-refractivity contribution is -0.305. The highest BCUT2D eigenvalue weighted by Gasteiger charge is 2.44. The highest BCUT2D eigenvalue weighted by Crippen LogP contribution is 2.22. The number of rotatable bonds is 36. The van der Waals surface area contributed by atoms with Crippen molar-refractivity contribution < 1.29 is 49.0 Å². The topological polar surface area (TPSA) is 152 Å². The van der Waals surface area contributed by atoms with E-state index in [0.29, 0.717) is 12.8 Å². The standard InChI is InChI=1S/C49H80O10/c1-3-5-7-9-11-13-15-17-19-20-21-22-24-26-28-30-32-34-36-38-45(52)58-42(41-57-49-48(55)47(54)46(53)43(39-50)59-49)40-56-44(51)37-35-33-31-29-27-25-23-18-16-14-12-10-8-6-4-2/h5,7,11,13-14,16-19,21-23,26,28,42-43,46-50,53-55H,3-4,6,8-10,12,15,20,24-25,27,29-41H2,1-2H3/b7-5+,13-11+,16-14+,19-17+,22-21+,23-18+,28-26+/t42-,43-,46+,47?,48?,49-/m1/s1. The average Bonchev–Trinajstić information content (AvgIpc) is 3.23. The van der Waals surface area contributed by atoms with E-state index in [1.54, 1.807) is 0 Å². The summed E-state index contributed by atoms with van der Waals surface area (Å²) < 4.78 is 22.1. The second kappa shape index (κ2) is 39.0. The highest BCUT2D eigenvalue weighted by molar-refractivity contribution is 5.70. The van der Waals surface area contributed by atoms with Crippen LogP contribution in [0.5, 0.6) is 0 Å². The zero-order valence-corrected chi connectivity index (χ0v) is 36.5. The van der Waals surface area contributed by atoms with Crippen LogP contribution >= 0.6 is 0 Å². The number of hydrogen-bond donors (Lipinski definition) is 4. The van der Waals surface area contributed by atoms with Gasteiger partial charge in [0.1, 0.15) is 31.0 Å². The molecular weight excluding hydrogens is 749 g/mol. The van der Waals surface area contributed by atoms with Crippen molar-refractivity contribution in [3.8, 4) is 0 Å². The van der Waals surface area contributed by atoms with E-state index in [1.165, 1.54) is 25.7 Å². The molecule has 4 N–H and O–H groups in total. The van der Waals surface area contributed by atoms with Crippen molar-refractivity contribution in [1.82, 2.24) is 0 Å². The summed E-state index contributed by atoms with van der Waals surface area (Å²) in [5.41, 5.74) is 0. The van der Waals surface area contributed by atoms with E-state index in [1.807, 2.05) is 0 Å². The molecule has 0 aliphatic carbocycles. The van der Waals surface area contributed by atoms with E-state index in [0.717, 1.165) is 89.9 Å². The summed E-state index contributed by atoms with van der Waals surface area (Å²) in [5.74, 6) is -0.870. The summed E-state index contributed by atoms with van der Waals surface area (Å²) in [7, 11) is 0. The van der Waals surface area contributed by atoms with Gasteiger partial charge in [0.05, 0.1) is 13.2 Å².